The number of sulfone groups is 1. The van der Waals surface area contributed by atoms with Crippen LogP contribution in [0.25, 0.3) is 10.2 Å². The number of fused-ring (bicyclic) bond motifs is 1. The van der Waals surface area contributed by atoms with Crippen molar-refractivity contribution in [2.75, 3.05) is 11.5 Å². The number of para-hydroxylation sites is 1. The van der Waals surface area contributed by atoms with Crippen molar-refractivity contribution in [3.05, 3.63) is 29.3 Å². The van der Waals surface area contributed by atoms with E-state index >= 15 is 0 Å². The number of nitrogens with one attached hydrogen (secondary N) is 1. The highest BCUT2D eigenvalue weighted by Gasteiger charge is 2.29. The van der Waals surface area contributed by atoms with Crippen LogP contribution in [0.1, 0.15) is 24.8 Å². The van der Waals surface area contributed by atoms with Crippen molar-refractivity contribution in [3.63, 3.8) is 0 Å². The molecule has 1 N–H and O–H groups in total. The summed E-state index contributed by atoms with van der Waals surface area (Å²) in [6.07, 6.45) is 0.742. The summed E-state index contributed by atoms with van der Waals surface area (Å²) in [6, 6.07) is 7.80. The number of nitrogens with zero attached hydrogens (tertiary/aromatic N) is 2. The molecule has 1 aliphatic rings. The van der Waals surface area contributed by atoms with E-state index in [-0.39, 0.29) is 29.8 Å². The average Bonchev–Trinajstić information content (AvgIpc) is 3.07. The zero-order valence-corrected chi connectivity index (χ0v) is 14.3. The first kappa shape index (κ1) is 16.1. The SMILES string of the molecule is C/C(=N/NC(=O)C[C@@H]1CCS(=O)(=O)C1)c1nc2ccccc2s1. The molecule has 0 saturated carbocycles. The Kier molecular flexibility index (Phi) is 4.45. The molecule has 1 saturated heterocycles. The van der Waals surface area contributed by atoms with Crippen molar-refractivity contribution in [1.29, 1.82) is 0 Å². The molecule has 1 aromatic heterocycles. The summed E-state index contributed by atoms with van der Waals surface area (Å²) in [5, 5.41) is 4.84. The van der Waals surface area contributed by atoms with Gasteiger partial charge >= 0.3 is 0 Å². The number of rotatable bonds is 4. The van der Waals surface area contributed by atoms with E-state index in [1.807, 2.05) is 24.3 Å². The Bertz CT molecular complexity index is 838. The molecule has 6 nitrogen and oxygen atoms in total. The summed E-state index contributed by atoms with van der Waals surface area (Å²) in [4.78, 5) is 16.4. The molecule has 0 aliphatic carbocycles. The Morgan fingerprint density at radius 1 is 1.43 bits per heavy atom. The van der Waals surface area contributed by atoms with Gasteiger partial charge in [-0.1, -0.05) is 12.1 Å². The maximum absolute atomic E-state index is 11.9. The number of hydrazone groups is 1. The van der Waals surface area contributed by atoms with Crippen molar-refractivity contribution in [1.82, 2.24) is 10.4 Å². The topological polar surface area (TPSA) is 88.5 Å². The van der Waals surface area contributed by atoms with Gasteiger partial charge in [0.2, 0.25) is 5.91 Å². The molecule has 8 heteroatoms. The van der Waals surface area contributed by atoms with Crippen LogP contribution < -0.4 is 5.43 Å². The molecule has 1 aromatic carbocycles. The van der Waals surface area contributed by atoms with Crippen molar-refractivity contribution in [3.8, 4) is 0 Å². The highest BCUT2D eigenvalue weighted by molar-refractivity contribution is 7.91. The fraction of sp³-hybridized carbons (Fsp3) is 0.400. The van der Waals surface area contributed by atoms with E-state index in [9.17, 15) is 13.2 Å². The van der Waals surface area contributed by atoms with Gasteiger partial charge in [-0.2, -0.15) is 5.10 Å². The lowest BCUT2D eigenvalue weighted by molar-refractivity contribution is -0.121. The standard InChI is InChI=1S/C15H17N3O3S2/c1-10(15-16-12-4-2-3-5-13(12)22-15)17-18-14(19)8-11-6-7-23(20,21)9-11/h2-5,11H,6-9H2,1H3,(H,18,19)/b17-10-/t11-/m0/s1. The molecule has 1 atom stereocenters. The van der Waals surface area contributed by atoms with Crippen LogP contribution in [0.2, 0.25) is 0 Å². The molecule has 0 unspecified atom stereocenters. The first-order chi connectivity index (χ1) is 10.9. The van der Waals surface area contributed by atoms with Gasteiger partial charge in [0, 0.05) is 6.42 Å². The van der Waals surface area contributed by atoms with Crippen LogP contribution in [0, 0.1) is 5.92 Å². The van der Waals surface area contributed by atoms with Gasteiger partial charge < -0.3 is 0 Å². The molecule has 122 valence electrons. The van der Waals surface area contributed by atoms with Crippen LogP contribution in [0.5, 0.6) is 0 Å². The number of aromatic nitrogens is 1. The monoisotopic (exact) mass is 351 g/mol. The third-order valence-corrected chi connectivity index (χ3v) is 6.73. The van der Waals surface area contributed by atoms with Crippen molar-refractivity contribution >= 4 is 43.0 Å². The second-order valence-corrected chi connectivity index (χ2v) is 8.95. The number of benzene rings is 1. The third kappa shape index (κ3) is 3.94. The molecule has 23 heavy (non-hydrogen) atoms. The second kappa shape index (κ2) is 6.37. The Morgan fingerprint density at radius 2 is 2.22 bits per heavy atom. The highest BCUT2D eigenvalue weighted by atomic mass is 32.2. The average molecular weight is 351 g/mol. The molecule has 0 bridgehead atoms. The van der Waals surface area contributed by atoms with Gasteiger partial charge in [0.25, 0.3) is 0 Å². The number of thiazole rings is 1. The number of amides is 1. The molecule has 3 rings (SSSR count). The van der Waals surface area contributed by atoms with Crippen molar-refractivity contribution in [2.45, 2.75) is 19.8 Å². The molecule has 1 aliphatic heterocycles. The van der Waals surface area contributed by atoms with E-state index in [0.29, 0.717) is 12.1 Å². The minimum Gasteiger partial charge on any atom is -0.273 e. The van der Waals surface area contributed by atoms with E-state index in [1.54, 1.807) is 6.92 Å². The van der Waals surface area contributed by atoms with Gasteiger partial charge in [-0.05, 0) is 31.4 Å². The smallest absolute Gasteiger partial charge is 0.240 e. The van der Waals surface area contributed by atoms with Crippen LogP contribution in [-0.4, -0.2) is 36.5 Å². The zero-order chi connectivity index (χ0) is 16.4. The van der Waals surface area contributed by atoms with Gasteiger partial charge in [0.1, 0.15) is 5.01 Å². The quantitative estimate of drug-likeness (QED) is 0.674. The van der Waals surface area contributed by atoms with Gasteiger partial charge in [-0.15, -0.1) is 11.3 Å². The molecular weight excluding hydrogens is 334 g/mol. The minimum absolute atomic E-state index is 0.0982. The van der Waals surface area contributed by atoms with Crippen LogP contribution in [0.4, 0.5) is 0 Å². The first-order valence-electron chi connectivity index (χ1n) is 7.32. The summed E-state index contributed by atoms with van der Waals surface area (Å²) in [6.45, 7) is 1.79. The largest absolute Gasteiger partial charge is 0.273 e. The lowest BCUT2D eigenvalue weighted by Gasteiger charge is -2.05. The maximum Gasteiger partial charge on any atom is 0.240 e. The zero-order valence-electron chi connectivity index (χ0n) is 12.7. The first-order valence-corrected chi connectivity index (χ1v) is 9.96. The fourth-order valence-electron chi connectivity index (χ4n) is 2.56. The Balaban J connectivity index is 1.61. The normalized spacial score (nSPS) is 20.7. The van der Waals surface area contributed by atoms with E-state index in [0.717, 1.165) is 15.2 Å². The van der Waals surface area contributed by atoms with Crippen LogP contribution >= 0.6 is 11.3 Å². The highest BCUT2D eigenvalue weighted by Crippen LogP contribution is 2.22. The van der Waals surface area contributed by atoms with Gasteiger partial charge in [-0.3, -0.25) is 4.79 Å². The molecule has 1 amide bonds. The van der Waals surface area contributed by atoms with Crippen LogP contribution in [0.15, 0.2) is 29.4 Å². The number of hydrogen-bond acceptors (Lipinski definition) is 6. The summed E-state index contributed by atoms with van der Waals surface area (Å²) in [5.41, 5.74) is 4.04. The number of hydrogen-bond donors (Lipinski definition) is 1. The summed E-state index contributed by atoms with van der Waals surface area (Å²) < 4.78 is 23.9. The minimum atomic E-state index is -2.95. The predicted octanol–water partition coefficient (Wildman–Crippen LogP) is 1.96. The number of carbonyl (C=O) groups is 1. The van der Waals surface area contributed by atoms with Gasteiger partial charge in [0.15, 0.2) is 9.84 Å². The number of carbonyl (C=O) groups excluding carboxylic acids is 1. The lowest BCUT2D eigenvalue weighted by atomic mass is 10.1. The van der Waals surface area contributed by atoms with E-state index < -0.39 is 9.84 Å². The Hall–Kier alpha value is -1.80. The molecule has 2 aromatic rings. The van der Waals surface area contributed by atoms with E-state index in [2.05, 4.69) is 15.5 Å². The van der Waals surface area contributed by atoms with Crippen molar-refractivity contribution in [2.24, 2.45) is 11.0 Å². The van der Waals surface area contributed by atoms with E-state index in [1.165, 1.54) is 11.3 Å². The van der Waals surface area contributed by atoms with E-state index in [4.69, 9.17) is 0 Å². The second-order valence-electron chi connectivity index (χ2n) is 5.69. The third-order valence-electron chi connectivity index (χ3n) is 3.75. The molecule has 1 fully saturated rings. The predicted molar refractivity (Wildman–Crippen MR) is 91.4 cm³/mol. The van der Waals surface area contributed by atoms with Crippen LogP contribution in [-0.2, 0) is 14.6 Å². The summed E-state index contributed by atoms with van der Waals surface area (Å²) in [5.74, 6) is -0.0783. The Morgan fingerprint density at radius 3 is 2.91 bits per heavy atom. The van der Waals surface area contributed by atoms with Crippen LogP contribution in [0.3, 0.4) is 0 Å². The molecular formula is C15H17N3O3S2. The molecule has 0 spiro atoms. The van der Waals surface area contributed by atoms with Gasteiger partial charge in [0.05, 0.1) is 27.4 Å². The maximum atomic E-state index is 11.9. The Labute approximate surface area is 138 Å². The molecule has 2 heterocycles. The lowest BCUT2D eigenvalue weighted by Crippen LogP contribution is -2.22. The summed E-state index contributed by atoms with van der Waals surface area (Å²) in [7, 11) is -2.95. The van der Waals surface area contributed by atoms with Crippen molar-refractivity contribution < 1.29 is 13.2 Å². The fourth-order valence-corrected chi connectivity index (χ4v) is 5.33. The van der Waals surface area contributed by atoms with Gasteiger partial charge in [-0.25, -0.2) is 18.8 Å². The summed E-state index contributed by atoms with van der Waals surface area (Å²) >= 11 is 1.52. The molecule has 0 radical (unpaired) electrons.